The van der Waals surface area contributed by atoms with Gasteiger partial charge in [-0.1, -0.05) is 6.07 Å². The van der Waals surface area contributed by atoms with Crippen LogP contribution in [0, 0.1) is 0 Å². The van der Waals surface area contributed by atoms with E-state index >= 15 is 0 Å². The average molecular weight is 289 g/mol. The average Bonchev–Trinajstić information content (AvgIpc) is 2.81. The quantitative estimate of drug-likeness (QED) is 0.743. The van der Waals surface area contributed by atoms with E-state index in [1.165, 1.54) is 18.3 Å². The summed E-state index contributed by atoms with van der Waals surface area (Å²) in [4.78, 5) is 21.3. The van der Waals surface area contributed by atoms with Crippen molar-refractivity contribution in [2.45, 2.75) is 4.90 Å². The molecule has 0 unspecified atom stereocenters. The molecule has 1 aromatic carbocycles. The number of aromatic amines is 2. The summed E-state index contributed by atoms with van der Waals surface area (Å²) in [5, 5.41) is 0. The Morgan fingerprint density at radius 3 is 2.70 bits per heavy atom. The summed E-state index contributed by atoms with van der Waals surface area (Å²) in [5.41, 5.74) is 1.35. The van der Waals surface area contributed by atoms with Crippen LogP contribution in [0.4, 0.5) is 0 Å². The number of aromatic nitrogens is 3. The zero-order valence-electron chi connectivity index (χ0n) is 10.5. The minimum atomic E-state index is -3.36. The molecule has 102 valence electrons. The first kappa shape index (κ1) is 12.6. The van der Waals surface area contributed by atoms with E-state index in [0.29, 0.717) is 22.4 Å². The number of rotatable bonds is 2. The lowest BCUT2D eigenvalue weighted by atomic mass is 10.2. The Morgan fingerprint density at radius 2 is 2.00 bits per heavy atom. The number of H-pyrrole nitrogens is 2. The van der Waals surface area contributed by atoms with E-state index in [0.717, 1.165) is 6.26 Å². The van der Waals surface area contributed by atoms with Gasteiger partial charge in [0.15, 0.2) is 9.84 Å². The molecule has 0 saturated carbocycles. The number of fused-ring (bicyclic) bond motifs is 1. The molecule has 2 aromatic heterocycles. The van der Waals surface area contributed by atoms with Gasteiger partial charge in [0.2, 0.25) is 5.56 Å². The normalized spacial score (nSPS) is 11.8. The van der Waals surface area contributed by atoms with Crippen LogP contribution in [0.2, 0.25) is 0 Å². The molecule has 0 atom stereocenters. The van der Waals surface area contributed by atoms with Gasteiger partial charge in [0.25, 0.3) is 0 Å². The van der Waals surface area contributed by atoms with Crippen LogP contribution in [0.5, 0.6) is 0 Å². The van der Waals surface area contributed by atoms with Crippen LogP contribution in [-0.2, 0) is 9.84 Å². The Hall–Kier alpha value is -2.41. The highest BCUT2D eigenvalue weighted by Gasteiger charge is 2.15. The Morgan fingerprint density at radius 1 is 1.20 bits per heavy atom. The molecule has 7 heteroatoms. The minimum absolute atomic E-state index is 0.169. The molecule has 0 amide bonds. The standard InChI is InChI=1S/C13H11N3O3S/c1-20(18,19)10-4-2-3-9-12(10)16-13(15-9)8-5-6-14-11(17)7-8/h2-7H,1H3,(H,14,17)(H,15,16). The maximum Gasteiger partial charge on any atom is 0.248 e. The maximum absolute atomic E-state index is 11.7. The predicted octanol–water partition coefficient (Wildman–Crippen LogP) is 1.32. The van der Waals surface area contributed by atoms with Crippen molar-refractivity contribution in [1.29, 1.82) is 0 Å². The Bertz CT molecular complexity index is 954. The molecule has 2 N–H and O–H groups in total. The summed E-state index contributed by atoms with van der Waals surface area (Å²) in [6.45, 7) is 0. The number of benzene rings is 1. The Labute approximate surface area is 114 Å². The predicted molar refractivity (Wildman–Crippen MR) is 75.3 cm³/mol. The molecule has 0 aliphatic rings. The number of pyridine rings is 1. The fourth-order valence-corrected chi connectivity index (χ4v) is 2.87. The summed E-state index contributed by atoms with van der Waals surface area (Å²) in [7, 11) is -3.36. The summed E-state index contributed by atoms with van der Waals surface area (Å²) in [6.07, 6.45) is 2.66. The first-order chi connectivity index (χ1) is 9.45. The minimum Gasteiger partial charge on any atom is -0.338 e. The molecule has 0 aliphatic carbocycles. The van der Waals surface area contributed by atoms with E-state index in [9.17, 15) is 13.2 Å². The summed E-state index contributed by atoms with van der Waals surface area (Å²) >= 11 is 0. The third-order valence-electron chi connectivity index (χ3n) is 2.92. The number of hydrogen-bond donors (Lipinski definition) is 2. The highest BCUT2D eigenvalue weighted by atomic mass is 32.2. The van der Waals surface area contributed by atoms with Crippen molar-refractivity contribution < 1.29 is 8.42 Å². The van der Waals surface area contributed by atoms with E-state index in [-0.39, 0.29) is 10.5 Å². The van der Waals surface area contributed by atoms with Crippen molar-refractivity contribution in [2.24, 2.45) is 0 Å². The molecule has 0 fully saturated rings. The van der Waals surface area contributed by atoms with Gasteiger partial charge in [0.1, 0.15) is 11.3 Å². The van der Waals surface area contributed by atoms with Crippen molar-refractivity contribution >= 4 is 20.9 Å². The number of nitrogens with one attached hydrogen (secondary N) is 2. The molecule has 0 aliphatic heterocycles. The number of para-hydroxylation sites is 1. The lowest BCUT2D eigenvalue weighted by Gasteiger charge is -1.97. The van der Waals surface area contributed by atoms with E-state index in [1.807, 2.05) is 0 Å². The van der Waals surface area contributed by atoms with Gasteiger partial charge in [-0.05, 0) is 18.2 Å². The summed E-state index contributed by atoms with van der Waals surface area (Å²) in [6, 6.07) is 8.00. The number of imidazole rings is 1. The molecular weight excluding hydrogens is 278 g/mol. The van der Waals surface area contributed by atoms with Crippen LogP contribution < -0.4 is 5.56 Å². The van der Waals surface area contributed by atoms with Crippen molar-refractivity contribution in [3.8, 4) is 11.4 Å². The molecule has 0 spiro atoms. The summed E-state index contributed by atoms with van der Waals surface area (Å²) < 4.78 is 23.5. The van der Waals surface area contributed by atoms with Crippen molar-refractivity contribution in [2.75, 3.05) is 6.26 Å². The van der Waals surface area contributed by atoms with Gasteiger partial charge in [0.05, 0.1) is 10.4 Å². The molecule has 6 nitrogen and oxygen atoms in total. The fraction of sp³-hybridized carbons (Fsp3) is 0.0769. The van der Waals surface area contributed by atoms with Crippen LogP contribution in [0.1, 0.15) is 0 Å². The second-order valence-corrected chi connectivity index (χ2v) is 6.44. The zero-order chi connectivity index (χ0) is 14.3. The third kappa shape index (κ3) is 2.12. The van der Waals surface area contributed by atoms with E-state index in [4.69, 9.17) is 0 Å². The third-order valence-corrected chi connectivity index (χ3v) is 4.05. The lowest BCUT2D eigenvalue weighted by Crippen LogP contribution is -2.02. The van der Waals surface area contributed by atoms with Crippen LogP contribution >= 0.6 is 0 Å². The molecule has 0 bridgehead atoms. The number of hydrogen-bond acceptors (Lipinski definition) is 4. The number of nitrogens with zero attached hydrogens (tertiary/aromatic N) is 1. The topological polar surface area (TPSA) is 95.7 Å². The van der Waals surface area contributed by atoms with Crippen molar-refractivity contribution in [1.82, 2.24) is 15.0 Å². The van der Waals surface area contributed by atoms with E-state index < -0.39 is 9.84 Å². The van der Waals surface area contributed by atoms with Crippen LogP contribution in [0.25, 0.3) is 22.4 Å². The second kappa shape index (κ2) is 4.31. The SMILES string of the molecule is CS(=O)(=O)c1cccc2[nH]c(-c3cc[nH]c(=O)c3)nc12. The highest BCUT2D eigenvalue weighted by molar-refractivity contribution is 7.91. The number of sulfone groups is 1. The van der Waals surface area contributed by atoms with Crippen LogP contribution in [0.3, 0.4) is 0 Å². The van der Waals surface area contributed by atoms with Crippen LogP contribution in [-0.4, -0.2) is 29.6 Å². The largest absolute Gasteiger partial charge is 0.338 e. The Kier molecular flexibility index (Phi) is 2.72. The monoisotopic (exact) mass is 289 g/mol. The molecule has 0 radical (unpaired) electrons. The molecular formula is C13H11N3O3S. The van der Waals surface area contributed by atoms with Gasteiger partial charge in [0, 0.05) is 24.1 Å². The molecule has 20 heavy (non-hydrogen) atoms. The first-order valence-electron chi connectivity index (χ1n) is 5.83. The van der Waals surface area contributed by atoms with E-state index in [2.05, 4.69) is 15.0 Å². The molecule has 3 aromatic rings. The maximum atomic E-state index is 11.7. The molecule has 2 heterocycles. The van der Waals surface area contributed by atoms with Gasteiger partial charge < -0.3 is 9.97 Å². The van der Waals surface area contributed by atoms with E-state index in [1.54, 1.807) is 18.2 Å². The summed E-state index contributed by atoms with van der Waals surface area (Å²) in [5.74, 6) is 0.460. The van der Waals surface area contributed by atoms with Crippen LogP contribution in [0.15, 0.2) is 46.2 Å². The molecule has 0 saturated heterocycles. The van der Waals surface area contributed by atoms with Gasteiger partial charge in [-0.15, -0.1) is 0 Å². The van der Waals surface area contributed by atoms with Gasteiger partial charge in [-0.25, -0.2) is 13.4 Å². The van der Waals surface area contributed by atoms with Gasteiger partial charge in [-0.2, -0.15) is 0 Å². The van der Waals surface area contributed by atoms with Gasteiger partial charge >= 0.3 is 0 Å². The molecule has 3 rings (SSSR count). The van der Waals surface area contributed by atoms with Gasteiger partial charge in [-0.3, -0.25) is 4.79 Å². The highest BCUT2D eigenvalue weighted by Crippen LogP contribution is 2.24. The van der Waals surface area contributed by atoms with Crippen molar-refractivity contribution in [3.63, 3.8) is 0 Å². The van der Waals surface area contributed by atoms with Crippen molar-refractivity contribution in [3.05, 3.63) is 46.9 Å². The smallest absolute Gasteiger partial charge is 0.248 e. The Balaban J connectivity index is 2.29. The second-order valence-electron chi connectivity index (χ2n) is 4.45. The lowest BCUT2D eigenvalue weighted by molar-refractivity contribution is 0.602. The first-order valence-corrected chi connectivity index (χ1v) is 7.72. The zero-order valence-corrected chi connectivity index (χ0v) is 11.4. The fourth-order valence-electron chi connectivity index (χ4n) is 2.03.